The summed E-state index contributed by atoms with van der Waals surface area (Å²) in [7, 11) is 0. The fourth-order valence-electron chi connectivity index (χ4n) is 0. The van der Waals surface area contributed by atoms with Gasteiger partial charge in [0, 0.05) is 20.1 Å². The van der Waals surface area contributed by atoms with Crippen LogP contribution in [-0.4, -0.2) is 0 Å². The first kappa shape index (κ1) is 86.6. The summed E-state index contributed by atoms with van der Waals surface area (Å²) in [5, 5.41) is 0. The second-order valence-electron chi connectivity index (χ2n) is 0. The van der Waals surface area contributed by atoms with E-state index in [9.17, 15) is 0 Å². The molecule has 13 nitrogen and oxygen atoms in total. The first-order valence-electron chi connectivity index (χ1n) is 1.10. The summed E-state index contributed by atoms with van der Waals surface area (Å²) in [5.41, 5.74) is 34.5. The Balaban J connectivity index is -0.00000000500. The van der Waals surface area contributed by atoms with E-state index in [-0.39, 0.29) is 26.3 Å². The van der Waals surface area contributed by atoms with Gasteiger partial charge < -0.3 is 69.2 Å². The second-order valence-corrected chi connectivity index (χ2v) is 0. The minimum atomic E-state index is 0. The Labute approximate surface area is 89.9 Å². The Kier molecular flexibility index (Phi) is 2250. The largest absolute Gasteiger partial charge is 0.577 e. The first-order valence-corrected chi connectivity index (χ1v) is 1.10. The van der Waals surface area contributed by atoms with Crippen molar-refractivity contribution in [1.82, 2.24) is 6.15 Å². The monoisotopic (exact) mass is 390 g/mol. The zero-order valence-corrected chi connectivity index (χ0v) is 8.57. The van der Waals surface area contributed by atoms with Gasteiger partial charge in [-0.05, 0) is 0 Å². The van der Waals surface area contributed by atoms with Gasteiger partial charge in [0.2, 0.25) is 0 Å². The van der Waals surface area contributed by atoms with Gasteiger partial charge in [0.1, 0.15) is 0 Å². The Morgan fingerprint density at radius 3 is 0.357 bits per heavy atom. The number of nitroso groups, excluding NO2 is 6. The summed E-state index contributed by atoms with van der Waals surface area (Å²) < 4.78 is 0. The Hall–Kier alpha value is -1.79. The summed E-state index contributed by atoms with van der Waals surface area (Å²) in [6.45, 7) is 0. The molecule has 89 valence electrons. The molecule has 0 atom stereocenters. The van der Waals surface area contributed by atoms with Crippen molar-refractivity contribution in [3.8, 4) is 0 Å². The van der Waals surface area contributed by atoms with Crippen LogP contribution in [0.15, 0.2) is 0 Å². The van der Waals surface area contributed by atoms with Gasteiger partial charge >= 0.3 is 0 Å². The molecule has 0 aliphatic heterocycles. The summed E-state index contributed by atoms with van der Waals surface area (Å²) >= 11 is 0. The normalized spacial score (nSPS) is 1.71. The SMILES string of the molecule is N.[Ir].[N-]=O.[N-]=O.[N-]=O.[N-]=O.[N-]=O.[N-]=O. The molecule has 0 aliphatic rings. The molecule has 0 spiro atoms. The van der Waals surface area contributed by atoms with Crippen LogP contribution in [-0.2, 0) is 20.1 Å². The van der Waals surface area contributed by atoms with E-state index in [0.29, 0.717) is 0 Å². The first-order chi connectivity index (χ1) is 6.00. The van der Waals surface area contributed by atoms with Gasteiger partial charge in [-0.3, -0.25) is 0 Å². The molecule has 14 heteroatoms. The molecule has 0 saturated carbocycles. The molecule has 1 radical (unpaired) electrons. The molecule has 3 N–H and O–H groups in total. The fraction of sp³-hybridized carbons (Fsp3) is 0. The van der Waals surface area contributed by atoms with Gasteiger partial charge in [0.05, 0.1) is 0 Å². The molecule has 0 aromatic heterocycles. The smallest absolute Gasteiger partial charge is 0 e. The molecule has 14 heavy (non-hydrogen) atoms. The van der Waals surface area contributed by atoms with Crippen molar-refractivity contribution >= 4 is 0 Å². The van der Waals surface area contributed by atoms with E-state index in [1.54, 1.807) is 0 Å². The standard InChI is InChI=1S/Ir.6NO.H3N/c;6*1-2;/h;;;;;;;1H3/q;6*-1;. The van der Waals surface area contributed by atoms with E-state index in [1.165, 1.54) is 0 Å². The van der Waals surface area contributed by atoms with Crippen LogP contribution in [0.2, 0.25) is 0 Å². The van der Waals surface area contributed by atoms with E-state index in [2.05, 4.69) is 0 Å². The molecule has 0 aliphatic carbocycles. The average molecular weight is 389 g/mol. The molecular formula is H3IrN7O6-6. The molecule has 0 heterocycles. The quantitative estimate of drug-likeness (QED) is 0.642. The summed E-state index contributed by atoms with van der Waals surface area (Å²) in [6.07, 6.45) is 0. The molecule has 0 unspecified atom stereocenters. The van der Waals surface area contributed by atoms with Crippen LogP contribution >= 0.6 is 0 Å². The Morgan fingerprint density at radius 2 is 0.357 bits per heavy atom. The van der Waals surface area contributed by atoms with Crippen molar-refractivity contribution in [2.24, 2.45) is 0 Å². The zero-order valence-electron chi connectivity index (χ0n) is 6.17. The second kappa shape index (κ2) is 364. The van der Waals surface area contributed by atoms with Crippen LogP contribution in [0.25, 0.3) is 33.6 Å². The van der Waals surface area contributed by atoms with Crippen LogP contribution in [0.1, 0.15) is 0 Å². The van der Waals surface area contributed by atoms with Crippen molar-refractivity contribution in [2.45, 2.75) is 0 Å². The maximum Gasteiger partial charge on any atom is 0 e. The average Bonchev–Trinajstić information content (AvgIpc) is 2.33. The minimum absolute atomic E-state index is 0. The topological polar surface area (TPSA) is 271 Å². The van der Waals surface area contributed by atoms with Gasteiger partial charge in [-0.15, -0.1) is 0 Å². The summed E-state index contributed by atoms with van der Waals surface area (Å²) in [5.74, 6) is 0. The van der Waals surface area contributed by atoms with E-state index < -0.39 is 0 Å². The third-order valence-electron chi connectivity index (χ3n) is 0. The van der Waals surface area contributed by atoms with Gasteiger partial charge in [-0.1, -0.05) is 0 Å². The maximum absolute atomic E-state index is 7.25. The third kappa shape index (κ3) is 270. The van der Waals surface area contributed by atoms with Crippen molar-refractivity contribution in [2.75, 3.05) is 0 Å². The fourth-order valence-corrected chi connectivity index (χ4v) is 0. The van der Waals surface area contributed by atoms with E-state index in [1.807, 2.05) is 0 Å². The molecule has 0 rings (SSSR count). The van der Waals surface area contributed by atoms with E-state index in [4.69, 9.17) is 63.0 Å². The Bertz CT molecular complexity index is 33.7. The summed E-state index contributed by atoms with van der Waals surface area (Å²) in [4.78, 5) is 43.5. The van der Waals surface area contributed by atoms with Crippen molar-refractivity contribution in [1.29, 1.82) is 0 Å². The number of rotatable bonds is 0. The van der Waals surface area contributed by atoms with Crippen LogP contribution in [0.5, 0.6) is 0 Å². The van der Waals surface area contributed by atoms with Crippen molar-refractivity contribution in [3.63, 3.8) is 0 Å². The third-order valence-corrected chi connectivity index (χ3v) is 0. The van der Waals surface area contributed by atoms with Crippen LogP contribution in [0.4, 0.5) is 0 Å². The van der Waals surface area contributed by atoms with Crippen LogP contribution in [0.3, 0.4) is 0 Å². The van der Waals surface area contributed by atoms with Crippen molar-refractivity contribution in [3.05, 3.63) is 63.0 Å². The zero-order chi connectivity index (χ0) is 12.0. The maximum atomic E-state index is 7.25. The molecule has 0 amide bonds. The molecule has 0 bridgehead atoms. The number of hydrogen-bond donors (Lipinski definition) is 1. The van der Waals surface area contributed by atoms with E-state index >= 15 is 0 Å². The van der Waals surface area contributed by atoms with Gasteiger partial charge in [-0.25, -0.2) is 0 Å². The predicted octanol–water partition coefficient (Wildman–Crippen LogP) is 2.09. The molecular weight excluding hydrogens is 386 g/mol. The predicted molar refractivity (Wildman–Crippen MR) is 45.4 cm³/mol. The summed E-state index contributed by atoms with van der Waals surface area (Å²) in [6, 6.07) is 0. The van der Waals surface area contributed by atoms with Gasteiger partial charge in [0.15, 0.2) is 0 Å². The molecule has 0 aromatic rings. The number of nitrogens with zero attached hydrogens (tertiary/aromatic N) is 6. The van der Waals surface area contributed by atoms with Gasteiger partial charge in [0.25, 0.3) is 0 Å². The van der Waals surface area contributed by atoms with Crippen molar-refractivity contribution < 1.29 is 20.1 Å². The number of hydrogen-bond acceptors (Lipinski definition) is 7. The molecule has 0 fully saturated rings. The van der Waals surface area contributed by atoms with E-state index in [0.717, 1.165) is 0 Å². The molecule has 0 aromatic carbocycles. The van der Waals surface area contributed by atoms with Crippen LogP contribution < -0.4 is 6.15 Å². The molecule has 0 saturated heterocycles. The minimum Gasteiger partial charge on any atom is -0.577 e. The van der Waals surface area contributed by atoms with Gasteiger partial charge in [-0.2, -0.15) is 0 Å². The van der Waals surface area contributed by atoms with Crippen LogP contribution in [0, 0.1) is 29.4 Å². The Morgan fingerprint density at radius 1 is 0.357 bits per heavy atom.